The second kappa shape index (κ2) is 14.9. The molecule has 2 unspecified atom stereocenters. The minimum absolute atomic E-state index is 0.186. The van der Waals surface area contributed by atoms with E-state index in [9.17, 15) is 36.0 Å². The first-order valence-corrected chi connectivity index (χ1v) is 16.1. The molecule has 4 rings (SSSR count). The summed E-state index contributed by atoms with van der Waals surface area (Å²) < 4.78 is 78.9. The predicted molar refractivity (Wildman–Crippen MR) is 170 cm³/mol. The lowest BCUT2D eigenvalue weighted by Gasteiger charge is -2.31. The Kier molecular flexibility index (Phi) is 11.1. The van der Waals surface area contributed by atoms with E-state index in [1.54, 1.807) is 57.4 Å². The number of rotatable bonds is 12. The Hall–Kier alpha value is -5.26. The standard InChI is InChI=1S/C32H32F3N5O8S/c1-4-46-26-16-21(9-11-25(26)47-18(2)3)28(40(36)23-10-8-22-17-38-13-12-19(22)14-23)29(41)39-27(30(42)48-31(43)32(33,34)35)20-6-5-7-24(15-20)49(37,44)45/h5-18,27-28H,4,36H2,1-3H3,(H,39,41)(H2,37,44,45). The summed E-state index contributed by atoms with van der Waals surface area (Å²) in [6.07, 6.45) is -2.65. The van der Waals surface area contributed by atoms with Crippen LogP contribution in [0.15, 0.2) is 84.0 Å². The fraction of sp³-hybridized carbons (Fsp3) is 0.250. The van der Waals surface area contributed by atoms with Crippen molar-refractivity contribution in [1.82, 2.24) is 10.3 Å². The number of nitrogens with two attached hydrogens (primary N) is 2. The minimum Gasteiger partial charge on any atom is -0.490 e. The molecule has 260 valence electrons. The summed E-state index contributed by atoms with van der Waals surface area (Å²) in [7, 11) is -4.38. The van der Waals surface area contributed by atoms with Crippen LogP contribution in [-0.4, -0.2) is 50.1 Å². The van der Waals surface area contributed by atoms with Crippen LogP contribution in [0.4, 0.5) is 18.9 Å². The van der Waals surface area contributed by atoms with Crippen molar-refractivity contribution in [2.45, 2.75) is 50.0 Å². The van der Waals surface area contributed by atoms with Gasteiger partial charge in [0.25, 0.3) is 0 Å². The molecule has 0 aliphatic heterocycles. The van der Waals surface area contributed by atoms with E-state index in [0.717, 1.165) is 34.7 Å². The first-order chi connectivity index (χ1) is 23.0. The number of ether oxygens (including phenoxy) is 3. The number of amides is 1. The number of sulfonamides is 1. The van der Waals surface area contributed by atoms with Gasteiger partial charge in [-0.25, -0.2) is 29.0 Å². The molecular formula is C32H32F3N5O8S. The normalized spacial score (nSPS) is 13.0. The number of pyridine rings is 1. The van der Waals surface area contributed by atoms with Crippen LogP contribution in [0.3, 0.4) is 0 Å². The number of fused-ring (bicyclic) bond motifs is 1. The number of aromatic nitrogens is 1. The summed E-state index contributed by atoms with van der Waals surface area (Å²) in [4.78, 5) is 42.5. The zero-order valence-corrected chi connectivity index (χ0v) is 27.1. The van der Waals surface area contributed by atoms with Crippen LogP contribution >= 0.6 is 0 Å². The van der Waals surface area contributed by atoms with Gasteiger partial charge in [-0.2, -0.15) is 13.2 Å². The van der Waals surface area contributed by atoms with Crippen molar-refractivity contribution in [3.05, 3.63) is 90.3 Å². The summed E-state index contributed by atoms with van der Waals surface area (Å²) in [5.41, 5.74) is 0.115. The maximum Gasteiger partial charge on any atom is 0.491 e. The van der Waals surface area contributed by atoms with E-state index in [4.69, 9.17) is 20.5 Å². The second-order valence-electron chi connectivity index (χ2n) is 10.8. The molecule has 49 heavy (non-hydrogen) atoms. The Morgan fingerprint density at radius 2 is 1.69 bits per heavy atom. The fourth-order valence-electron chi connectivity index (χ4n) is 4.71. The van der Waals surface area contributed by atoms with Crippen molar-refractivity contribution >= 4 is 44.3 Å². The van der Waals surface area contributed by atoms with Crippen LogP contribution in [0.5, 0.6) is 11.5 Å². The Balaban J connectivity index is 1.85. The van der Waals surface area contributed by atoms with Gasteiger partial charge < -0.3 is 19.5 Å². The number of benzene rings is 3. The number of hydrogen-bond donors (Lipinski definition) is 3. The van der Waals surface area contributed by atoms with E-state index in [1.807, 2.05) is 0 Å². The number of anilines is 1. The summed E-state index contributed by atoms with van der Waals surface area (Å²) in [5.74, 6) is 1.37. The molecule has 1 aromatic heterocycles. The number of primary sulfonamides is 1. The lowest BCUT2D eigenvalue weighted by molar-refractivity contribution is -0.202. The molecule has 13 nitrogen and oxygen atoms in total. The van der Waals surface area contributed by atoms with Crippen molar-refractivity contribution in [3.63, 3.8) is 0 Å². The average molecular weight is 704 g/mol. The predicted octanol–water partition coefficient (Wildman–Crippen LogP) is 3.98. The van der Waals surface area contributed by atoms with Crippen LogP contribution in [0.25, 0.3) is 10.8 Å². The van der Waals surface area contributed by atoms with Crippen LogP contribution in [0.2, 0.25) is 0 Å². The maximum atomic E-state index is 14.2. The molecule has 0 fully saturated rings. The van der Waals surface area contributed by atoms with Crippen LogP contribution in [-0.2, 0) is 29.1 Å². The maximum absolute atomic E-state index is 14.2. The first kappa shape index (κ1) is 36.6. The van der Waals surface area contributed by atoms with Crippen molar-refractivity contribution in [2.24, 2.45) is 11.0 Å². The van der Waals surface area contributed by atoms with E-state index in [1.165, 1.54) is 18.2 Å². The largest absolute Gasteiger partial charge is 0.491 e. The van der Waals surface area contributed by atoms with Gasteiger partial charge in [0.15, 0.2) is 17.5 Å². The minimum atomic E-state index is -5.57. The number of hydrazine groups is 1. The smallest absolute Gasteiger partial charge is 0.490 e. The van der Waals surface area contributed by atoms with E-state index >= 15 is 0 Å². The highest BCUT2D eigenvalue weighted by Gasteiger charge is 2.44. The fourth-order valence-corrected chi connectivity index (χ4v) is 5.28. The highest BCUT2D eigenvalue weighted by molar-refractivity contribution is 7.89. The van der Waals surface area contributed by atoms with E-state index < -0.39 is 51.0 Å². The van der Waals surface area contributed by atoms with E-state index in [-0.39, 0.29) is 29.6 Å². The molecule has 0 aliphatic carbocycles. The molecule has 1 heterocycles. The third-order valence-corrected chi connectivity index (χ3v) is 7.77. The van der Waals surface area contributed by atoms with Gasteiger partial charge in [0.2, 0.25) is 15.9 Å². The first-order valence-electron chi connectivity index (χ1n) is 14.6. The number of nitrogens with zero attached hydrogens (tertiary/aromatic N) is 2. The molecule has 2 atom stereocenters. The molecule has 3 aromatic carbocycles. The van der Waals surface area contributed by atoms with Gasteiger partial charge in [0, 0.05) is 17.8 Å². The molecule has 0 saturated carbocycles. The quantitative estimate of drug-likeness (QED) is 0.0837. The molecule has 0 spiro atoms. The van der Waals surface area contributed by atoms with Gasteiger partial charge in [0.1, 0.15) is 6.04 Å². The van der Waals surface area contributed by atoms with Crippen molar-refractivity contribution in [1.29, 1.82) is 0 Å². The Morgan fingerprint density at radius 1 is 0.959 bits per heavy atom. The highest BCUT2D eigenvalue weighted by Crippen LogP contribution is 2.35. The zero-order chi connectivity index (χ0) is 36.1. The van der Waals surface area contributed by atoms with E-state index in [0.29, 0.717) is 16.8 Å². The Morgan fingerprint density at radius 3 is 2.35 bits per heavy atom. The summed E-state index contributed by atoms with van der Waals surface area (Å²) in [6.45, 7) is 5.53. The zero-order valence-electron chi connectivity index (χ0n) is 26.3. The molecule has 0 bridgehead atoms. The molecule has 5 N–H and O–H groups in total. The highest BCUT2D eigenvalue weighted by atomic mass is 32.2. The topological polar surface area (TPSA) is 193 Å². The number of carbonyl (C=O) groups is 3. The van der Waals surface area contributed by atoms with Gasteiger partial charge in [-0.15, -0.1) is 0 Å². The van der Waals surface area contributed by atoms with Gasteiger partial charge in [-0.3, -0.25) is 14.8 Å². The van der Waals surface area contributed by atoms with Gasteiger partial charge in [-0.1, -0.05) is 24.3 Å². The molecule has 0 radical (unpaired) electrons. The van der Waals surface area contributed by atoms with Gasteiger partial charge in [-0.05, 0) is 79.7 Å². The molecule has 17 heteroatoms. The number of carbonyl (C=O) groups excluding carboxylic acids is 3. The average Bonchev–Trinajstić information content (AvgIpc) is 3.03. The Labute approximate surface area is 279 Å². The second-order valence-corrected chi connectivity index (χ2v) is 12.3. The molecule has 0 aliphatic rings. The van der Waals surface area contributed by atoms with Crippen molar-refractivity contribution in [2.75, 3.05) is 11.6 Å². The van der Waals surface area contributed by atoms with Crippen LogP contribution in [0.1, 0.15) is 44.0 Å². The monoisotopic (exact) mass is 703 g/mol. The number of halogens is 3. The van der Waals surface area contributed by atoms with Gasteiger partial charge in [0.05, 0.1) is 23.3 Å². The van der Waals surface area contributed by atoms with Gasteiger partial charge >= 0.3 is 18.1 Å². The van der Waals surface area contributed by atoms with Crippen molar-refractivity contribution < 1.29 is 50.2 Å². The number of alkyl halides is 3. The summed E-state index contributed by atoms with van der Waals surface area (Å²) in [6, 6.07) is 11.6. The molecular weight excluding hydrogens is 671 g/mol. The summed E-state index contributed by atoms with van der Waals surface area (Å²) in [5, 5.41) is 9.99. The molecule has 4 aromatic rings. The number of esters is 2. The van der Waals surface area contributed by atoms with Crippen LogP contribution in [0, 0.1) is 0 Å². The van der Waals surface area contributed by atoms with E-state index in [2.05, 4.69) is 15.0 Å². The van der Waals surface area contributed by atoms with Crippen molar-refractivity contribution in [3.8, 4) is 11.5 Å². The third-order valence-electron chi connectivity index (χ3n) is 6.86. The third kappa shape index (κ3) is 9.01. The Bertz CT molecular complexity index is 1970. The number of hydrogen-bond acceptors (Lipinski definition) is 11. The number of nitrogens with one attached hydrogen (secondary N) is 1. The van der Waals surface area contributed by atoms with Crippen LogP contribution < -0.4 is 30.8 Å². The lowest BCUT2D eigenvalue weighted by Crippen LogP contribution is -2.47. The molecule has 0 saturated heterocycles. The lowest BCUT2D eigenvalue weighted by atomic mass is 10.0. The SMILES string of the molecule is CCOc1cc(C(C(=O)NC(C(=O)OC(=O)C(F)(F)F)c2cccc(S(N)(=O)=O)c2)N(N)c2ccc3cnccc3c2)ccc1OC(C)C. The molecule has 1 amide bonds. The summed E-state index contributed by atoms with van der Waals surface area (Å²) >= 11 is 0.